The fourth-order valence-electron chi connectivity index (χ4n) is 2.62. The Morgan fingerprint density at radius 1 is 1.26 bits per heavy atom. The molecule has 0 saturated heterocycles. The zero-order chi connectivity index (χ0) is 14.4. The molecule has 2 atom stereocenters. The summed E-state index contributed by atoms with van der Waals surface area (Å²) in [6.07, 6.45) is 1.18. The molecule has 1 aromatic carbocycles. The number of benzene rings is 1. The van der Waals surface area contributed by atoms with Crippen molar-refractivity contribution in [3.63, 3.8) is 0 Å². The minimum Gasteiger partial charge on any atom is -0.489 e. The molecule has 0 aromatic heterocycles. The Morgan fingerprint density at radius 2 is 1.89 bits per heavy atom. The molecule has 106 valence electrons. The third-order valence-corrected chi connectivity index (χ3v) is 4.47. The van der Waals surface area contributed by atoms with E-state index >= 15 is 0 Å². The summed E-state index contributed by atoms with van der Waals surface area (Å²) < 4.78 is 6.29. The number of nitrogens with two attached hydrogens (primary N) is 1. The van der Waals surface area contributed by atoms with Crippen LogP contribution in [0.3, 0.4) is 0 Å². The van der Waals surface area contributed by atoms with Crippen molar-refractivity contribution < 1.29 is 4.74 Å². The molecule has 1 aliphatic carbocycles. The normalized spacial score (nSPS) is 25.8. The lowest BCUT2D eigenvalue weighted by molar-refractivity contribution is -0.0408. The molecule has 2 heteroatoms. The molecule has 0 amide bonds. The predicted octanol–water partition coefficient (Wildman–Crippen LogP) is 3.80. The number of hydrogen-bond donors (Lipinski definition) is 1. The van der Waals surface area contributed by atoms with E-state index in [-0.39, 0.29) is 23.0 Å². The summed E-state index contributed by atoms with van der Waals surface area (Å²) in [7, 11) is 0. The van der Waals surface area contributed by atoms with Gasteiger partial charge >= 0.3 is 0 Å². The number of ether oxygens (including phenoxy) is 1. The molecular formula is C17H27NO. The van der Waals surface area contributed by atoms with Crippen LogP contribution in [0.2, 0.25) is 0 Å². The maximum Gasteiger partial charge on any atom is 0.123 e. The highest BCUT2D eigenvalue weighted by Crippen LogP contribution is 2.43. The average molecular weight is 261 g/mol. The van der Waals surface area contributed by atoms with Gasteiger partial charge in [-0.1, -0.05) is 46.8 Å². The van der Waals surface area contributed by atoms with Crippen molar-refractivity contribution in [2.45, 2.75) is 65.5 Å². The van der Waals surface area contributed by atoms with Gasteiger partial charge in [0, 0.05) is 17.9 Å². The second-order valence-electron chi connectivity index (χ2n) is 7.52. The number of rotatable bonds is 2. The molecule has 1 fully saturated rings. The fourth-order valence-corrected chi connectivity index (χ4v) is 2.62. The number of hydrogen-bond acceptors (Lipinski definition) is 2. The molecule has 0 spiro atoms. The first-order valence-electron chi connectivity index (χ1n) is 7.16. The molecule has 0 aliphatic heterocycles. The van der Waals surface area contributed by atoms with Crippen molar-refractivity contribution in [2.24, 2.45) is 11.1 Å². The van der Waals surface area contributed by atoms with Gasteiger partial charge in [-0.2, -0.15) is 0 Å². The molecule has 1 aliphatic rings. The van der Waals surface area contributed by atoms with Crippen LogP contribution < -0.4 is 10.5 Å². The van der Waals surface area contributed by atoms with Crippen LogP contribution in [0.25, 0.3) is 0 Å². The first-order chi connectivity index (χ1) is 8.62. The number of aryl methyl sites for hydroxylation is 1. The highest BCUT2D eigenvalue weighted by atomic mass is 16.5. The van der Waals surface area contributed by atoms with Gasteiger partial charge in [0.15, 0.2) is 0 Å². The second kappa shape index (κ2) is 4.52. The molecule has 0 heterocycles. The summed E-state index contributed by atoms with van der Waals surface area (Å²) >= 11 is 0. The molecule has 1 saturated carbocycles. The van der Waals surface area contributed by atoms with Crippen molar-refractivity contribution in [1.29, 1.82) is 0 Å². The van der Waals surface area contributed by atoms with Gasteiger partial charge in [-0.25, -0.2) is 0 Å². The van der Waals surface area contributed by atoms with Crippen molar-refractivity contribution in [1.82, 2.24) is 0 Å². The fraction of sp³-hybridized carbons (Fsp3) is 0.647. The topological polar surface area (TPSA) is 35.2 Å². The van der Waals surface area contributed by atoms with E-state index in [0.29, 0.717) is 0 Å². The molecule has 0 radical (unpaired) electrons. The lowest BCUT2D eigenvalue weighted by Gasteiger charge is -2.50. The molecule has 2 rings (SSSR count). The summed E-state index contributed by atoms with van der Waals surface area (Å²) in [5.41, 5.74) is 8.75. The monoisotopic (exact) mass is 261 g/mol. The van der Waals surface area contributed by atoms with Crippen LogP contribution in [0.15, 0.2) is 18.2 Å². The largest absolute Gasteiger partial charge is 0.489 e. The van der Waals surface area contributed by atoms with E-state index in [4.69, 9.17) is 10.5 Å². The molecule has 2 N–H and O–H groups in total. The SMILES string of the molecule is Cc1ccc(C(C)(C)C)c(OC2CC(N)C2(C)C)c1. The van der Waals surface area contributed by atoms with Crippen molar-refractivity contribution in [3.8, 4) is 5.75 Å². The van der Waals surface area contributed by atoms with Gasteiger partial charge in [0.05, 0.1) is 0 Å². The van der Waals surface area contributed by atoms with Crippen LogP contribution in [-0.4, -0.2) is 12.1 Å². The standard InChI is InChI=1S/C17H27NO/c1-11-7-8-12(16(2,3)4)13(9-11)19-15-10-14(18)17(15,5)6/h7-9,14-15H,10,18H2,1-6H3. The molecular weight excluding hydrogens is 234 g/mol. The smallest absolute Gasteiger partial charge is 0.123 e. The minimum atomic E-state index is 0.0684. The van der Waals surface area contributed by atoms with Gasteiger partial charge < -0.3 is 10.5 Å². The Balaban J connectivity index is 2.28. The van der Waals surface area contributed by atoms with Gasteiger partial charge in [-0.05, 0) is 29.5 Å². The molecule has 0 bridgehead atoms. The van der Waals surface area contributed by atoms with E-state index < -0.39 is 0 Å². The van der Waals surface area contributed by atoms with Gasteiger partial charge in [0.1, 0.15) is 11.9 Å². The van der Waals surface area contributed by atoms with Gasteiger partial charge in [0.25, 0.3) is 0 Å². The lowest BCUT2D eigenvalue weighted by atomic mass is 9.65. The molecule has 2 unspecified atom stereocenters. The van der Waals surface area contributed by atoms with Crippen LogP contribution in [-0.2, 0) is 5.41 Å². The predicted molar refractivity (Wildman–Crippen MR) is 80.7 cm³/mol. The van der Waals surface area contributed by atoms with Crippen LogP contribution in [0.1, 0.15) is 52.2 Å². The zero-order valence-electron chi connectivity index (χ0n) is 13.1. The quantitative estimate of drug-likeness (QED) is 0.879. The van der Waals surface area contributed by atoms with Gasteiger partial charge in [-0.3, -0.25) is 0 Å². The van der Waals surface area contributed by atoms with Crippen LogP contribution in [0.4, 0.5) is 0 Å². The lowest BCUT2D eigenvalue weighted by Crippen LogP contribution is -2.60. The summed E-state index contributed by atoms with van der Waals surface area (Å²) in [6, 6.07) is 6.75. The van der Waals surface area contributed by atoms with Gasteiger partial charge in [0.2, 0.25) is 0 Å². The van der Waals surface area contributed by atoms with Crippen molar-refractivity contribution in [3.05, 3.63) is 29.3 Å². The summed E-state index contributed by atoms with van der Waals surface area (Å²) in [6.45, 7) is 13.2. The summed E-state index contributed by atoms with van der Waals surface area (Å²) in [5.74, 6) is 1.03. The maximum absolute atomic E-state index is 6.29. The van der Waals surface area contributed by atoms with Gasteiger partial charge in [-0.15, -0.1) is 0 Å². The van der Waals surface area contributed by atoms with E-state index in [1.165, 1.54) is 11.1 Å². The van der Waals surface area contributed by atoms with Crippen molar-refractivity contribution in [2.75, 3.05) is 0 Å². The first kappa shape index (κ1) is 14.4. The highest BCUT2D eigenvalue weighted by molar-refractivity contribution is 5.41. The van der Waals surface area contributed by atoms with E-state index in [1.54, 1.807) is 0 Å². The first-order valence-corrected chi connectivity index (χ1v) is 7.16. The van der Waals surface area contributed by atoms with E-state index in [1.807, 2.05) is 0 Å². The zero-order valence-corrected chi connectivity index (χ0v) is 13.1. The van der Waals surface area contributed by atoms with E-state index in [2.05, 4.69) is 59.7 Å². The Morgan fingerprint density at radius 3 is 2.37 bits per heavy atom. The third kappa shape index (κ3) is 2.64. The van der Waals surface area contributed by atoms with Crippen LogP contribution >= 0.6 is 0 Å². The van der Waals surface area contributed by atoms with E-state index in [9.17, 15) is 0 Å². The Labute approximate surface area is 117 Å². The molecule has 1 aromatic rings. The Kier molecular flexibility index (Phi) is 3.42. The van der Waals surface area contributed by atoms with Crippen LogP contribution in [0, 0.1) is 12.3 Å². The minimum absolute atomic E-state index is 0.0684. The second-order valence-corrected chi connectivity index (χ2v) is 7.52. The molecule has 2 nitrogen and oxygen atoms in total. The summed E-state index contributed by atoms with van der Waals surface area (Å²) in [4.78, 5) is 0. The highest BCUT2D eigenvalue weighted by Gasteiger charge is 2.48. The third-order valence-electron chi connectivity index (χ3n) is 4.47. The Bertz CT molecular complexity index is 471. The average Bonchev–Trinajstić information content (AvgIpc) is 2.27. The maximum atomic E-state index is 6.29. The Hall–Kier alpha value is -1.02. The molecule has 19 heavy (non-hydrogen) atoms. The summed E-state index contributed by atoms with van der Waals surface area (Å²) in [5, 5.41) is 0. The van der Waals surface area contributed by atoms with E-state index in [0.717, 1.165) is 12.2 Å². The van der Waals surface area contributed by atoms with Crippen molar-refractivity contribution >= 4 is 0 Å². The van der Waals surface area contributed by atoms with Crippen LogP contribution in [0.5, 0.6) is 5.75 Å².